The molecule has 78 valence electrons. The molecule has 0 fully saturated rings. The van der Waals surface area contributed by atoms with Gasteiger partial charge in [0.05, 0.1) is 0 Å². The summed E-state index contributed by atoms with van der Waals surface area (Å²) in [7, 11) is 1.72. The number of hydrogen-bond donors (Lipinski definition) is 1. The van der Waals surface area contributed by atoms with E-state index in [0.29, 0.717) is 0 Å². The smallest absolute Gasteiger partial charge is 0.0463 e. The van der Waals surface area contributed by atoms with E-state index in [1.807, 2.05) is 18.2 Å². The third-order valence-corrected chi connectivity index (χ3v) is 2.48. The number of rotatable bonds is 5. The van der Waals surface area contributed by atoms with Gasteiger partial charge in [0.15, 0.2) is 0 Å². The second kappa shape index (κ2) is 5.13. The first-order valence-corrected chi connectivity index (χ1v) is 5.00. The Labute approximate surface area is 86.1 Å². The quantitative estimate of drug-likeness (QED) is 0.728. The molecule has 0 saturated carbocycles. The predicted molar refractivity (Wildman–Crippen MR) is 59.1 cm³/mol. The summed E-state index contributed by atoms with van der Waals surface area (Å²) >= 11 is 0. The molecule has 1 aromatic rings. The summed E-state index contributed by atoms with van der Waals surface area (Å²) in [5.74, 6) is 0. The topological polar surface area (TPSA) is 35.2 Å². The van der Waals surface area contributed by atoms with Crippen molar-refractivity contribution in [2.24, 2.45) is 5.73 Å². The fourth-order valence-electron chi connectivity index (χ4n) is 1.55. The minimum Gasteiger partial charge on any atom is -0.385 e. The van der Waals surface area contributed by atoms with Gasteiger partial charge in [0.1, 0.15) is 0 Å². The van der Waals surface area contributed by atoms with Crippen molar-refractivity contribution in [3.05, 3.63) is 35.9 Å². The van der Waals surface area contributed by atoms with E-state index in [9.17, 15) is 0 Å². The van der Waals surface area contributed by atoms with Crippen molar-refractivity contribution in [1.29, 1.82) is 0 Å². The molecule has 0 amide bonds. The van der Waals surface area contributed by atoms with Crippen LogP contribution in [-0.4, -0.2) is 13.7 Å². The summed E-state index contributed by atoms with van der Waals surface area (Å²) in [5, 5.41) is 0. The first-order chi connectivity index (χ1) is 6.67. The second-order valence-corrected chi connectivity index (χ2v) is 3.88. The molecule has 0 heterocycles. The standard InChI is InChI=1S/C12H19NO/c1-12(13,9-6-10-14-2)11-7-4-3-5-8-11/h3-5,7-8H,6,9-10,13H2,1-2H3. The van der Waals surface area contributed by atoms with Crippen LogP contribution < -0.4 is 5.73 Å². The van der Waals surface area contributed by atoms with Gasteiger partial charge in [-0.2, -0.15) is 0 Å². The van der Waals surface area contributed by atoms with Crippen LogP contribution in [0, 0.1) is 0 Å². The molecule has 1 unspecified atom stereocenters. The molecule has 0 aliphatic rings. The molecular weight excluding hydrogens is 174 g/mol. The molecule has 0 aliphatic carbocycles. The van der Waals surface area contributed by atoms with Gasteiger partial charge < -0.3 is 10.5 Å². The highest BCUT2D eigenvalue weighted by molar-refractivity contribution is 5.22. The molecule has 1 atom stereocenters. The molecule has 0 bridgehead atoms. The van der Waals surface area contributed by atoms with E-state index in [-0.39, 0.29) is 5.54 Å². The fourth-order valence-corrected chi connectivity index (χ4v) is 1.55. The second-order valence-electron chi connectivity index (χ2n) is 3.88. The molecule has 14 heavy (non-hydrogen) atoms. The summed E-state index contributed by atoms with van der Waals surface area (Å²) < 4.78 is 5.02. The maximum atomic E-state index is 6.22. The van der Waals surface area contributed by atoms with Crippen molar-refractivity contribution in [3.8, 4) is 0 Å². The minimum absolute atomic E-state index is 0.236. The molecule has 1 aromatic carbocycles. The van der Waals surface area contributed by atoms with Gasteiger partial charge >= 0.3 is 0 Å². The largest absolute Gasteiger partial charge is 0.385 e. The highest BCUT2D eigenvalue weighted by atomic mass is 16.5. The van der Waals surface area contributed by atoms with Crippen LogP contribution in [0.5, 0.6) is 0 Å². The molecule has 0 saturated heterocycles. The van der Waals surface area contributed by atoms with Crippen LogP contribution in [0.25, 0.3) is 0 Å². The van der Waals surface area contributed by atoms with Crippen molar-refractivity contribution >= 4 is 0 Å². The van der Waals surface area contributed by atoms with E-state index >= 15 is 0 Å². The summed E-state index contributed by atoms with van der Waals surface area (Å²) in [6.45, 7) is 2.84. The summed E-state index contributed by atoms with van der Waals surface area (Å²) in [4.78, 5) is 0. The van der Waals surface area contributed by atoms with E-state index in [2.05, 4.69) is 19.1 Å². The van der Waals surface area contributed by atoms with E-state index in [0.717, 1.165) is 19.4 Å². The average molecular weight is 193 g/mol. The first kappa shape index (κ1) is 11.2. The van der Waals surface area contributed by atoms with Crippen molar-refractivity contribution in [1.82, 2.24) is 0 Å². The zero-order chi connectivity index (χ0) is 10.4. The van der Waals surface area contributed by atoms with Gasteiger partial charge in [0, 0.05) is 19.3 Å². The average Bonchev–Trinajstić information content (AvgIpc) is 2.19. The summed E-state index contributed by atoms with van der Waals surface area (Å²) in [6.07, 6.45) is 1.95. The lowest BCUT2D eigenvalue weighted by atomic mass is 9.89. The summed E-state index contributed by atoms with van der Waals surface area (Å²) in [6, 6.07) is 10.2. The third kappa shape index (κ3) is 3.13. The molecule has 0 spiro atoms. The van der Waals surface area contributed by atoms with Gasteiger partial charge in [-0.15, -0.1) is 0 Å². The van der Waals surface area contributed by atoms with Crippen molar-refractivity contribution < 1.29 is 4.74 Å². The molecule has 2 heteroatoms. The highest BCUT2D eigenvalue weighted by Crippen LogP contribution is 2.22. The van der Waals surface area contributed by atoms with E-state index < -0.39 is 0 Å². The Hall–Kier alpha value is -0.860. The monoisotopic (exact) mass is 193 g/mol. The van der Waals surface area contributed by atoms with Gasteiger partial charge in [-0.1, -0.05) is 30.3 Å². The minimum atomic E-state index is -0.236. The van der Waals surface area contributed by atoms with Crippen LogP contribution in [0.3, 0.4) is 0 Å². The Kier molecular flexibility index (Phi) is 4.11. The van der Waals surface area contributed by atoms with Crippen molar-refractivity contribution in [2.75, 3.05) is 13.7 Å². The van der Waals surface area contributed by atoms with E-state index in [4.69, 9.17) is 10.5 Å². The summed E-state index contributed by atoms with van der Waals surface area (Å²) in [5.41, 5.74) is 7.18. The molecule has 0 aliphatic heterocycles. The SMILES string of the molecule is COCCCC(C)(N)c1ccccc1. The normalized spacial score (nSPS) is 15.1. The molecular formula is C12H19NO. The Morgan fingerprint density at radius 2 is 1.93 bits per heavy atom. The molecule has 0 radical (unpaired) electrons. The highest BCUT2D eigenvalue weighted by Gasteiger charge is 2.19. The lowest BCUT2D eigenvalue weighted by Crippen LogP contribution is -2.33. The number of hydrogen-bond acceptors (Lipinski definition) is 2. The van der Waals surface area contributed by atoms with E-state index in [1.54, 1.807) is 7.11 Å². The number of benzene rings is 1. The van der Waals surface area contributed by atoms with Crippen molar-refractivity contribution in [3.63, 3.8) is 0 Å². The molecule has 2 N–H and O–H groups in total. The zero-order valence-electron chi connectivity index (χ0n) is 8.99. The van der Waals surface area contributed by atoms with Crippen LogP contribution in [-0.2, 0) is 10.3 Å². The third-order valence-electron chi connectivity index (χ3n) is 2.48. The van der Waals surface area contributed by atoms with Gasteiger partial charge in [-0.3, -0.25) is 0 Å². The van der Waals surface area contributed by atoms with Gasteiger partial charge in [0.25, 0.3) is 0 Å². The molecule has 1 rings (SSSR count). The van der Waals surface area contributed by atoms with Gasteiger partial charge in [0.2, 0.25) is 0 Å². The van der Waals surface area contributed by atoms with Crippen LogP contribution >= 0.6 is 0 Å². The van der Waals surface area contributed by atoms with Crippen LogP contribution in [0.4, 0.5) is 0 Å². The Morgan fingerprint density at radius 1 is 1.29 bits per heavy atom. The first-order valence-electron chi connectivity index (χ1n) is 5.00. The van der Waals surface area contributed by atoms with Crippen LogP contribution in [0.1, 0.15) is 25.3 Å². The van der Waals surface area contributed by atoms with E-state index in [1.165, 1.54) is 5.56 Å². The number of ether oxygens (including phenoxy) is 1. The number of methoxy groups -OCH3 is 1. The number of nitrogens with two attached hydrogens (primary N) is 1. The van der Waals surface area contributed by atoms with Gasteiger partial charge in [-0.25, -0.2) is 0 Å². The maximum absolute atomic E-state index is 6.22. The van der Waals surface area contributed by atoms with Crippen LogP contribution in [0.15, 0.2) is 30.3 Å². The van der Waals surface area contributed by atoms with Crippen molar-refractivity contribution in [2.45, 2.75) is 25.3 Å². The Bertz CT molecular complexity index is 256. The zero-order valence-corrected chi connectivity index (χ0v) is 8.99. The maximum Gasteiger partial charge on any atom is 0.0463 e. The lowest BCUT2D eigenvalue weighted by molar-refractivity contribution is 0.184. The predicted octanol–water partition coefficient (Wildman–Crippen LogP) is 2.29. The van der Waals surface area contributed by atoms with Crippen LogP contribution in [0.2, 0.25) is 0 Å². The Morgan fingerprint density at radius 3 is 2.50 bits per heavy atom. The van der Waals surface area contributed by atoms with Gasteiger partial charge in [-0.05, 0) is 25.3 Å². The Balaban J connectivity index is 2.56. The fraction of sp³-hybridized carbons (Fsp3) is 0.500. The molecule has 0 aromatic heterocycles. The molecule has 2 nitrogen and oxygen atoms in total. The lowest BCUT2D eigenvalue weighted by Gasteiger charge is -2.25.